The number of hydrogen-bond acceptors (Lipinski definition) is 6. The summed E-state index contributed by atoms with van der Waals surface area (Å²) >= 11 is 1.25. The summed E-state index contributed by atoms with van der Waals surface area (Å²) in [6.45, 7) is -0.206. The molecule has 1 heterocycles. The molecule has 0 aliphatic carbocycles. The van der Waals surface area contributed by atoms with Gasteiger partial charge in [0.2, 0.25) is 0 Å². The second kappa shape index (κ2) is 7.54. The highest BCUT2D eigenvalue weighted by Gasteiger charge is 2.12. The molecule has 3 rings (SSSR count). The van der Waals surface area contributed by atoms with Crippen molar-refractivity contribution >= 4 is 28.8 Å². The largest absolute Gasteiger partial charge is 0.484 e. The lowest BCUT2D eigenvalue weighted by Gasteiger charge is -2.07. The number of nitro benzene ring substituents is 1. The number of carbonyl (C=O) groups excluding carboxylic acids is 1. The quantitative estimate of drug-likeness (QED) is 0.537. The van der Waals surface area contributed by atoms with Crippen LogP contribution in [-0.4, -0.2) is 21.8 Å². The van der Waals surface area contributed by atoms with Crippen LogP contribution < -0.4 is 10.1 Å². The van der Waals surface area contributed by atoms with Crippen LogP contribution in [0.1, 0.15) is 0 Å². The zero-order valence-electron chi connectivity index (χ0n) is 12.9. The first-order valence-electron chi connectivity index (χ1n) is 7.30. The van der Waals surface area contributed by atoms with Gasteiger partial charge in [-0.3, -0.25) is 14.9 Å². The summed E-state index contributed by atoms with van der Waals surface area (Å²) in [5.74, 6) is 0.0446. The summed E-state index contributed by atoms with van der Waals surface area (Å²) in [6, 6.07) is 15.1. The highest BCUT2D eigenvalue weighted by molar-refractivity contribution is 7.04. The summed E-state index contributed by atoms with van der Waals surface area (Å²) in [5.41, 5.74) is 2.20. The number of nitro groups is 1. The Balaban J connectivity index is 1.60. The highest BCUT2D eigenvalue weighted by atomic mass is 32.1. The number of rotatable bonds is 6. The van der Waals surface area contributed by atoms with Crippen LogP contribution in [0.15, 0.2) is 60.0 Å². The number of ether oxygens (including phenoxy) is 1. The molecule has 3 aromatic rings. The molecule has 0 fully saturated rings. The molecular formula is C17H13N3O4S. The molecule has 0 saturated carbocycles. The van der Waals surface area contributed by atoms with Crippen molar-refractivity contribution in [2.45, 2.75) is 0 Å². The maximum Gasteiger partial charge on any atom is 0.269 e. The Labute approximate surface area is 147 Å². The Hall–Kier alpha value is -3.26. The Bertz CT molecular complexity index is 878. The average Bonchev–Trinajstić information content (AvgIpc) is 3.09. The first-order chi connectivity index (χ1) is 12.1. The van der Waals surface area contributed by atoms with E-state index in [1.54, 1.807) is 5.38 Å². The van der Waals surface area contributed by atoms with Crippen LogP contribution in [0.25, 0.3) is 11.3 Å². The van der Waals surface area contributed by atoms with Crippen molar-refractivity contribution in [3.63, 3.8) is 0 Å². The smallest absolute Gasteiger partial charge is 0.269 e. The number of non-ortho nitro benzene ring substituents is 1. The molecule has 126 valence electrons. The van der Waals surface area contributed by atoms with Gasteiger partial charge >= 0.3 is 0 Å². The SMILES string of the molecule is O=C(COc1ccc([N+](=O)[O-])cc1)Nc1csnc1-c1ccccc1. The van der Waals surface area contributed by atoms with E-state index in [0.29, 0.717) is 17.1 Å². The summed E-state index contributed by atoms with van der Waals surface area (Å²) in [5, 5.41) is 15.1. The first-order valence-corrected chi connectivity index (χ1v) is 8.14. The minimum Gasteiger partial charge on any atom is -0.484 e. The molecule has 0 atom stereocenters. The highest BCUT2D eigenvalue weighted by Crippen LogP contribution is 2.28. The van der Waals surface area contributed by atoms with Crippen molar-refractivity contribution in [3.05, 3.63) is 70.1 Å². The third-order valence-corrected chi connectivity index (χ3v) is 3.94. The van der Waals surface area contributed by atoms with Gasteiger partial charge in [0.15, 0.2) is 6.61 Å². The Morgan fingerprint density at radius 1 is 1.16 bits per heavy atom. The third kappa shape index (κ3) is 4.18. The summed E-state index contributed by atoms with van der Waals surface area (Å²) in [4.78, 5) is 22.2. The van der Waals surface area contributed by atoms with Gasteiger partial charge in [-0.15, -0.1) is 0 Å². The van der Waals surface area contributed by atoms with Crippen LogP contribution in [-0.2, 0) is 4.79 Å². The topological polar surface area (TPSA) is 94.4 Å². The van der Waals surface area contributed by atoms with E-state index in [9.17, 15) is 14.9 Å². The molecule has 0 aliphatic heterocycles. The maximum absolute atomic E-state index is 12.1. The fourth-order valence-electron chi connectivity index (χ4n) is 2.13. The van der Waals surface area contributed by atoms with E-state index in [1.165, 1.54) is 35.8 Å². The minimum absolute atomic E-state index is 0.0337. The van der Waals surface area contributed by atoms with Gasteiger partial charge < -0.3 is 10.1 Å². The predicted molar refractivity (Wildman–Crippen MR) is 94.8 cm³/mol. The number of nitrogens with one attached hydrogen (secondary N) is 1. The van der Waals surface area contributed by atoms with E-state index in [-0.39, 0.29) is 18.2 Å². The fourth-order valence-corrected chi connectivity index (χ4v) is 2.77. The average molecular weight is 355 g/mol. The van der Waals surface area contributed by atoms with Gasteiger partial charge in [-0.05, 0) is 23.7 Å². The predicted octanol–water partition coefficient (Wildman–Crippen LogP) is 3.74. The zero-order chi connectivity index (χ0) is 17.6. The van der Waals surface area contributed by atoms with E-state index in [0.717, 1.165) is 5.56 Å². The first kappa shape index (κ1) is 16.6. The zero-order valence-corrected chi connectivity index (χ0v) is 13.7. The molecule has 0 radical (unpaired) electrons. The second-order valence-electron chi connectivity index (χ2n) is 5.03. The van der Waals surface area contributed by atoms with Crippen LogP contribution in [0.4, 0.5) is 11.4 Å². The molecule has 0 unspecified atom stereocenters. The molecule has 8 heteroatoms. The van der Waals surface area contributed by atoms with Crippen LogP contribution in [0.2, 0.25) is 0 Å². The lowest BCUT2D eigenvalue weighted by atomic mass is 10.1. The van der Waals surface area contributed by atoms with Gasteiger partial charge in [0.1, 0.15) is 11.4 Å². The monoisotopic (exact) mass is 355 g/mol. The Morgan fingerprint density at radius 3 is 2.56 bits per heavy atom. The van der Waals surface area contributed by atoms with E-state index < -0.39 is 4.92 Å². The van der Waals surface area contributed by atoms with E-state index in [2.05, 4.69) is 9.69 Å². The lowest BCUT2D eigenvalue weighted by molar-refractivity contribution is -0.384. The van der Waals surface area contributed by atoms with E-state index in [4.69, 9.17) is 4.74 Å². The maximum atomic E-state index is 12.1. The molecule has 1 amide bonds. The summed E-state index contributed by atoms with van der Waals surface area (Å²) in [6.07, 6.45) is 0. The fraction of sp³-hybridized carbons (Fsp3) is 0.0588. The Kier molecular flexibility index (Phi) is 5.00. The number of anilines is 1. The molecule has 0 bridgehead atoms. The molecule has 1 N–H and O–H groups in total. The number of benzene rings is 2. The van der Waals surface area contributed by atoms with E-state index >= 15 is 0 Å². The van der Waals surface area contributed by atoms with Crippen LogP contribution in [0, 0.1) is 10.1 Å². The number of amides is 1. The van der Waals surface area contributed by atoms with Crippen LogP contribution in [0.5, 0.6) is 5.75 Å². The third-order valence-electron chi connectivity index (χ3n) is 3.31. The lowest BCUT2D eigenvalue weighted by Crippen LogP contribution is -2.20. The molecular weight excluding hydrogens is 342 g/mol. The van der Waals surface area contributed by atoms with Gasteiger partial charge in [0, 0.05) is 23.1 Å². The van der Waals surface area contributed by atoms with Gasteiger partial charge in [-0.2, -0.15) is 4.37 Å². The van der Waals surface area contributed by atoms with Crippen LogP contribution >= 0.6 is 11.5 Å². The molecule has 0 aliphatic rings. The second-order valence-corrected chi connectivity index (χ2v) is 5.66. The van der Waals surface area contributed by atoms with Crippen molar-refractivity contribution < 1.29 is 14.5 Å². The number of hydrogen-bond donors (Lipinski definition) is 1. The van der Waals surface area contributed by atoms with Gasteiger partial charge in [-0.1, -0.05) is 30.3 Å². The number of nitrogens with zero attached hydrogens (tertiary/aromatic N) is 2. The van der Waals surface area contributed by atoms with Crippen molar-refractivity contribution in [1.29, 1.82) is 0 Å². The molecule has 25 heavy (non-hydrogen) atoms. The van der Waals surface area contributed by atoms with Crippen LogP contribution in [0.3, 0.4) is 0 Å². The molecule has 2 aromatic carbocycles. The van der Waals surface area contributed by atoms with Crippen molar-refractivity contribution in [3.8, 4) is 17.0 Å². The molecule has 1 aromatic heterocycles. The van der Waals surface area contributed by atoms with Gasteiger partial charge in [0.05, 0.1) is 10.6 Å². The van der Waals surface area contributed by atoms with Gasteiger partial charge in [0.25, 0.3) is 11.6 Å². The molecule has 0 saturated heterocycles. The van der Waals surface area contributed by atoms with Crippen molar-refractivity contribution in [2.24, 2.45) is 0 Å². The number of carbonyl (C=O) groups is 1. The van der Waals surface area contributed by atoms with Crippen molar-refractivity contribution in [2.75, 3.05) is 11.9 Å². The minimum atomic E-state index is -0.495. The van der Waals surface area contributed by atoms with Crippen molar-refractivity contribution in [1.82, 2.24) is 4.37 Å². The summed E-state index contributed by atoms with van der Waals surface area (Å²) < 4.78 is 9.65. The Morgan fingerprint density at radius 2 is 1.88 bits per heavy atom. The number of aromatic nitrogens is 1. The molecule has 7 nitrogen and oxygen atoms in total. The summed E-state index contributed by atoms with van der Waals surface area (Å²) in [7, 11) is 0. The van der Waals surface area contributed by atoms with Gasteiger partial charge in [-0.25, -0.2) is 0 Å². The standard InChI is InChI=1S/C17H13N3O4S/c21-16(10-24-14-8-6-13(7-9-14)20(22)23)18-15-11-25-19-17(15)12-4-2-1-3-5-12/h1-9,11H,10H2,(H,18,21). The molecule has 0 spiro atoms. The van der Waals surface area contributed by atoms with E-state index in [1.807, 2.05) is 30.3 Å². The normalized spacial score (nSPS) is 10.2.